The Labute approximate surface area is 239 Å². The van der Waals surface area contributed by atoms with Crippen molar-refractivity contribution in [3.05, 3.63) is 94.4 Å². The number of carbonyl (C=O) groups excluding carboxylic acids is 3. The van der Waals surface area contributed by atoms with Crippen molar-refractivity contribution in [3.8, 4) is 5.69 Å². The van der Waals surface area contributed by atoms with E-state index in [2.05, 4.69) is 30.8 Å². The second-order valence-corrected chi connectivity index (χ2v) is 10.1. The smallest absolute Gasteiger partial charge is 0.247 e. The van der Waals surface area contributed by atoms with Crippen LogP contribution in [0.3, 0.4) is 0 Å². The normalized spacial score (nSPS) is 17.1. The second kappa shape index (κ2) is 10.9. The van der Waals surface area contributed by atoms with Crippen molar-refractivity contribution in [1.82, 2.24) is 25.1 Å². The van der Waals surface area contributed by atoms with Gasteiger partial charge >= 0.3 is 0 Å². The Morgan fingerprint density at radius 3 is 2.56 bits per heavy atom. The molecule has 206 valence electrons. The van der Waals surface area contributed by atoms with Gasteiger partial charge in [0.1, 0.15) is 31.6 Å². The molecule has 12 nitrogen and oxygen atoms in total. The van der Waals surface area contributed by atoms with Crippen molar-refractivity contribution in [3.63, 3.8) is 0 Å². The molecule has 2 unspecified atom stereocenters. The number of carbonyl (C=O) groups is 3. The molecule has 2 aliphatic heterocycles. The van der Waals surface area contributed by atoms with Gasteiger partial charge in [0, 0.05) is 17.1 Å². The predicted molar refractivity (Wildman–Crippen MR) is 149 cm³/mol. The lowest BCUT2D eigenvalue weighted by molar-refractivity contribution is -0.143. The first-order valence-corrected chi connectivity index (χ1v) is 13.3. The van der Waals surface area contributed by atoms with Gasteiger partial charge in [0.25, 0.3) is 0 Å². The summed E-state index contributed by atoms with van der Waals surface area (Å²) in [5.74, 6) is -1.18. The molecule has 0 radical (unpaired) electrons. The number of fused-ring (bicyclic) bond motifs is 1. The largest absolute Gasteiger partial charge is 0.324 e. The Balaban J connectivity index is 1.29. The number of tetrazole rings is 1. The van der Waals surface area contributed by atoms with Crippen LogP contribution in [0.5, 0.6) is 0 Å². The summed E-state index contributed by atoms with van der Waals surface area (Å²) in [5.41, 5.74) is 2.24. The third-order valence-electron chi connectivity index (χ3n) is 6.89. The zero-order chi connectivity index (χ0) is 28.5. The molecule has 41 heavy (non-hydrogen) atoms. The summed E-state index contributed by atoms with van der Waals surface area (Å²) in [5, 5.41) is 16.0. The Morgan fingerprint density at radius 1 is 0.976 bits per heavy atom. The van der Waals surface area contributed by atoms with Crippen LogP contribution in [0.2, 0.25) is 5.02 Å². The highest BCUT2D eigenvalue weighted by Gasteiger charge is 2.39. The zero-order valence-corrected chi connectivity index (χ0v) is 22.6. The summed E-state index contributed by atoms with van der Waals surface area (Å²) in [6.07, 6.45) is 1.43. The maximum Gasteiger partial charge on any atom is 0.247 e. The minimum absolute atomic E-state index is 0.178. The Kier molecular flexibility index (Phi) is 6.98. The molecule has 0 bridgehead atoms. The minimum atomic E-state index is -0.942. The van der Waals surface area contributed by atoms with Crippen LogP contribution in [0.4, 0.5) is 11.4 Å². The van der Waals surface area contributed by atoms with Crippen LogP contribution in [0, 0.1) is 0 Å². The number of nitrogens with one attached hydrogen (secondary N) is 1. The molecule has 6 rings (SSSR count). The molecule has 2 atom stereocenters. The van der Waals surface area contributed by atoms with Crippen molar-refractivity contribution < 1.29 is 14.4 Å². The van der Waals surface area contributed by atoms with Crippen LogP contribution < -0.4 is 20.9 Å². The zero-order valence-electron chi connectivity index (χ0n) is 21.9. The van der Waals surface area contributed by atoms with Gasteiger partial charge in [0.05, 0.1) is 22.1 Å². The first-order chi connectivity index (χ1) is 19.9. The van der Waals surface area contributed by atoms with Crippen molar-refractivity contribution in [1.29, 1.82) is 0 Å². The van der Waals surface area contributed by atoms with E-state index in [0.29, 0.717) is 27.4 Å². The summed E-state index contributed by atoms with van der Waals surface area (Å²) >= 11 is 6.25. The van der Waals surface area contributed by atoms with Crippen LogP contribution in [-0.4, -0.2) is 68.1 Å². The van der Waals surface area contributed by atoms with E-state index in [4.69, 9.17) is 11.6 Å². The Bertz CT molecular complexity index is 1760. The lowest BCUT2D eigenvalue weighted by atomic mass is 10.0. The highest BCUT2D eigenvalue weighted by molar-refractivity contribution is 6.31. The van der Waals surface area contributed by atoms with E-state index in [9.17, 15) is 14.4 Å². The number of amides is 3. The number of anilines is 2. The van der Waals surface area contributed by atoms with Crippen LogP contribution in [0.25, 0.3) is 5.69 Å². The fourth-order valence-corrected chi connectivity index (χ4v) is 5.13. The maximum atomic E-state index is 13.7. The van der Waals surface area contributed by atoms with Gasteiger partial charge in [-0.2, -0.15) is 4.68 Å². The number of hydrogen-bond acceptors (Lipinski definition) is 8. The van der Waals surface area contributed by atoms with Gasteiger partial charge in [-0.3, -0.25) is 29.3 Å². The number of benzene rings is 3. The average Bonchev–Trinajstić information content (AvgIpc) is 3.62. The first kappa shape index (κ1) is 26.3. The summed E-state index contributed by atoms with van der Waals surface area (Å²) in [6.45, 7) is 1.29. The van der Waals surface area contributed by atoms with Crippen molar-refractivity contribution in [2.75, 3.05) is 23.3 Å². The van der Waals surface area contributed by atoms with Gasteiger partial charge in [0.2, 0.25) is 17.7 Å². The molecular formula is C28H24ClN9O3. The second-order valence-electron chi connectivity index (χ2n) is 9.68. The number of rotatable bonds is 7. The monoisotopic (exact) mass is 569 g/mol. The fourth-order valence-electron chi connectivity index (χ4n) is 4.97. The molecule has 3 amide bonds. The molecule has 3 aromatic carbocycles. The molecule has 0 saturated carbocycles. The van der Waals surface area contributed by atoms with Crippen molar-refractivity contribution >= 4 is 40.7 Å². The number of halogens is 1. The van der Waals surface area contributed by atoms with Gasteiger partial charge in [-0.1, -0.05) is 41.9 Å². The third kappa shape index (κ3) is 5.41. The molecule has 2 aliphatic rings. The number of piperazine rings is 1. The van der Waals surface area contributed by atoms with E-state index < -0.39 is 11.9 Å². The van der Waals surface area contributed by atoms with Crippen molar-refractivity contribution in [2.45, 2.75) is 25.6 Å². The molecule has 4 aromatic rings. The molecule has 1 saturated heterocycles. The minimum Gasteiger partial charge on any atom is -0.324 e. The number of hydrogen-bond donors (Lipinski definition) is 1. The molecule has 13 heteroatoms. The fraction of sp³-hybridized carbons (Fsp3) is 0.214. The quantitative estimate of drug-likeness (QED) is 0.356. The standard InChI is InChI=1S/C28H24ClN9O3/c1-17-31-21-9-8-20(13-22(21)32-17)33-28(41)25(11-18-5-3-2-4-6-18)37-15-26(39)36(14-27(37)40)24-12-19(29)7-10-23(24)38-16-30-34-35-38/h2-10,12-13,16-17,25H,11,14-15H2,1H3,(H,33,41). The summed E-state index contributed by atoms with van der Waals surface area (Å²) in [6, 6.07) is 18.6. The van der Waals surface area contributed by atoms with Gasteiger partial charge in [0.15, 0.2) is 0 Å². The van der Waals surface area contributed by atoms with E-state index >= 15 is 0 Å². The van der Waals surface area contributed by atoms with E-state index in [1.807, 2.05) is 37.3 Å². The highest BCUT2D eigenvalue weighted by Crippen LogP contribution is 2.30. The molecule has 1 N–H and O–H groups in total. The van der Waals surface area contributed by atoms with Gasteiger partial charge in [-0.05, 0) is 59.3 Å². The Morgan fingerprint density at radius 2 is 1.78 bits per heavy atom. The van der Waals surface area contributed by atoms with E-state index in [1.54, 1.807) is 36.4 Å². The highest BCUT2D eigenvalue weighted by atomic mass is 35.5. The SMILES string of the molecule is CC1N=c2ccc(NC(=O)C(Cc3ccccc3)N3CC(=O)N(c4cc(Cl)ccc4-n4cnnn4)CC3=O)cc2=N1. The van der Waals surface area contributed by atoms with Crippen LogP contribution in [0.15, 0.2) is 83.0 Å². The van der Waals surface area contributed by atoms with E-state index in [0.717, 1.165) is 10.9 Å². The van der Waals surface area contributed by atoms with Gasteiger partial charge < -0.3 is 10.2 Å². The molecule has 0 spiro atoms. The molecular weight excluding hydrogens is 546 g/mol. The van der Waals surface area contributed by atoms with Crippen molar-refractivity contribution in [2.24, 2.45) is 9.98 Å². The molecule has 1 fully saturated rings. The van der Waals surface area contributed by atoms with E-state index in [1.165, 1.54) is 20.8 Å². The predicted octanol–water partition coefficient (Wildman–Crippen LogP) is 1.34. The lowest BCUT2D eigenvalue weighted by Crippen LogP contribution is -2.60. The number of nitrogens with zero attached hydrogens (tertiary/aromatic N) is 8. The first-order valence-electron chi connectivity index (χ1n) is 12.9. The number of aromatic nitrogens is 4. The summed E-state index contributed by atoms with van der Waals surface area (Å²) in [4.78, 5) is 52.4. The molecule has 0 aliphatic carbocycles. The molecule has 3 heterocycles. The van der Waals surface area contributed by atoms with Gasteiger partial charge in [-0.25, -0.2) is 0 Å². The van der Waals surface area contributed by atoms with E-state index in [-0.39, 0.29) is 37.5 Å². The third-order valence-corrected chi connectivity index (χ3v) is 7.13. The lowest BCUT2D eigenvalue weighted by Gasteiger charge is -2.38. The van der Waals surface area contributed by atoms with Crippen LogP contribution in [-0.2, 0) is 20.8 Å². The topological polar surface area (TPSA) is 138 Å². The van der Waals surface area contributed by atoms with Crippen LogP contribution >= 0.6 is 11.6 Å². The van der Waals surface area contributed by atoms with Gasteiger partial charge in [-0.15, -0.1) is 5.10 Å². The summed E-state index contributed by atoms with van der Waals surface area (Å²) in [7, 11) is 0. The summed E-state index contributed by atoms with van der Waals surface area (Å²) < 4.78 is 1.39. The average molecular weight is 570 g/mol. The maximum absolute atomic E-state index is 13.7. The van der Waals surface area contributed by atoms with Crippen LogP contribution in [0.1, 0.15) is 12.5 Å². The Hall–Kier alpha value is -4.97. The molecule has 1 aromatic heterocycles.